The van der Waals surface area contributed by atoms with Gasteiger partial charge in [-0.15, -0.1) is 10.8 Å². The molecule has 0 saturated heterocycles. The van der Waals surface area contributed by atoms with E-state index in [9.17, 15) is 9.59 Å². The number of aromatic nitrogens is 2. The van der Waals surface area contributed by atoms with Gasteiger partial charge in [0, 0.05) is 38.1 Å². The zero-order valence-electron chi connectivity index (χ0n) is 20.8. The van der Waals surface area contributed by atoms with Gasteiger partial charge in [0.1, 0.15) is 13.2 Å². The fourth-order valence-electron chi connectivity index (χ4n) is 2.37. The number of carbonyl (C=O) groups excluding carboxylic acids is 2. The summed E-state index contributed by atoms with van der Waals surface area (Å²) < 4.78 is 9.26. The fourth-order valence-corrected chi connectivity index (χ4v) is 3.67. The van der Waals surface area contributed by atoms with Gasteiger partial charge < -0.3 is 24.5 Å². The molecule has 0 aliphatic heterocycles. The molecule has 0 amide bonds. The summed E-state index contributed by atoms with van der Waals surface area (Å²) in [6, 6.07) is 21.8. The molecule has 4 aromatic heterocycles. The summed E-state index contributed by atoms with van der Waals surface area (Å²) >= 11 is 3.32. The molecule has 4 heterocycles. The summed E-state index contributed by atoms with van der Waals surface area (Å²) in [6.07, 6.45) is 4.52. The molecule has 4 rings (SSSR count). The third-order valence-corrected chi connectivity index (χ3v) is 5.64. The van der Waals surface area contributed by atoms with Crippen LogP contribution >= 0.6 is 22.7 Å². The van der Waals surface area contributed by atoms with E-state index in [-0.39, 0.29) is 44.7 Å². The maximum absolute atomic E-state index is 10.9. The maximum atomic E-state index is 10.9. The van der Waals surface area contributed by atoms with Crippen LogP contribution in [0.3, 0.4) is 0 Å². The van der Waals surface area contributed by atoms with Gasteiger partial charge in [-0.25, -0.2) is 32.3 Å². The molecule has 38 heavy (non-hydrogen) atoms. The summed E-state index contributed by atoms with van der Waals surface area (Å²) in [4.78, 5) is 32.3. The van der Waals surface area contributed by atoms with Crippen LogP contribution in [0.1, 0.15) is 13.8 Å². The van der Waals surface area contributed by atoms with Gasteiger partial charge in [0.2, 0.25) is 0 Å². The third kappa shape index (κ3) is 13.2. The van der Waals surface area contributed by atoms with Crippen molar-refractivity contribution in [3.05, 3.63) is 108 Å². The van der Waals surface area contributed by atoms with Gasteiger partial charge in [0.25, 0.3) is 0 Å². The number of hydrogen-bond donors (Lipinski definition) is 1. The molecule has 7 nitrogen and oxygen atoms in total. The van der Waals surface area contributed by atoms with Gasteiger partial charge in [-0.3, -0.25) is 0 Å². The summed E-state index contributed by atoms with van der Waals surface area (Å²) in [6.45, 7) is 6.17. The minimum atomic E-state index is -0.679. The number of hydrogen-bond acceptors (Lipinski definition) is 9. The SMILES string of the molecule is C=C(C)C(=O)OCCOC(=O)/C=C(/C)O.[Ir].[c-]1ccsc1-c1ccccn1.[c-]1ccsc1-c1ccccn1. The summed E-state index contributed by atoms with van der Waals surface area (Å²) in [5, 5.41) is 12.7. The van der Waals surface area contributed by atoms with Crippen molar-refractivity contribution >= 4 is 34.6 Å². The quantitative estimate of drug-likeness (QED) is 0.0782. The zero-order chi connectivity index (χ0) is 26.9. The second-order valence-corrected chi connectivity index (χ2v) is 8.92. The Morgan fingerprint density at radius 1 is 0.921 bits per heavy atom. The van der Waals surface area contributed by atoms with Gasteiger partial charge in [-0.2, -0.15) is 24.3 Å². The second kappa shape index (κ2) is 18.8. The summed E-state index contributed by atoms with van der Waals surface area (Å²) in [5.41, 5.74) is 2.29. The number of rotatable bonds is 7. The van der Waals surface area contributed by atoms with Crippen molar-refractivity contribution < 1.29 is 44.3 Å². The first-order valence-electron chi connectivity index (χ1n) is 11.0. The van der Waals surface area contributed by atoms with Crippen molar-refractivity contribution in [2.24, 2.45) is 0 Å². The molecule has 0 aromatic carbocycles. The normalized spacial score (nSPS) is 9.89. The van der Waals surface area contributed by atoms with E-state index in [1.165, 1.54) is 13.8 Å². The van der Waals surface area contributed by atoms with Crippen molar-refractivity contribution in [3.63, 3.8) is 0 Å². The van der Waals surface area contributed by atoms with Gasteiger partial charge in [0.15, 0.2) is 0 Å². The minimum absolute atomic E-state index is 0. The molecule has 201 valence electrons. The van der Waals surface area contributed by atoms with E-state index in [0.29, 0.717) is 0 Å². The van der Waals surface area contributed by atoms with Crippen molar-refractivity contribution in [1.82, 2.24) is 9.97 Å². The smallest absolute Gasteiger partial charge is 0.334 e. The molecule has 0 unspecified atom stereocenters. The molecule has 0 aliphatic rings. The number of carbonyl (C=O) groups is 2. The Morgan fingerprint density at radius 2 is 1.42 bits per heavy atom. The van der Waals surface area contributed by atoms with Crippen LogP contribution in [-0.2, 0) is 39.2 Å². The Bertz CT molecular complexity index is 1170. The Balaban J connectivity index is 0.000000285. The van der Waals surface area contributed by atoms with Crippen LogP contribution in [0.2, 0.25) is 0 Å². The number of thiophene rings is 2. The molecule has 0 bridgehead atoms. The van der Waals surface area contributed by atoms with E-state index in [0.717, 1.165) is 27.2 Å². The first kappa shape index (κ1) is 32.6. The van der Waals surface area contributed by atoms with E-state index in [4.69, 9.17) is 5.11 Å². The molecule has 1 N–H and O–H groups in total. The molecule has 0 fully saturated rings. The van der Waals surface area contributed by atoms with Gasteiger partial charge in [0.05, 0.1) is 11.8 Å². The van der Waals surface area contributed by atoms with Crippen LogP contribution in [0.5, 0.6) is 0 Å². The number of esters is 2. The molecule has 1 radical (unpaired) electrons. The van der Waals surface area contributed by atoms with E-state index in [1.807, 2.05) is 59.3 Å². The molecular formula is C28H26IrN2O5S2-2. The van der Waals surface area contributed by atoms with E-state index in [2.05, 4.69) is 38.2 Å². The molecular weight excluding hydrogens is 701 g/mol. The standard InChI is InChI=1S/C10H14O5.2C9H6NS.Ir/c1-7(2)10(13)15-5-4-14-9(12)6-8(3)11;2*1-2-6-10-8(4-1)9-5-3-7-11-9;/h6,11H,1,4-5H2,2-3H3;2*1-4,6-7H;/q;2*-1;/b8-6-;;;. The first-order chi connectivity index (χ1) is 17.9. The number of nitrogens with zero attached hydrogens (tertiary/aromatic N) is 2. The Labute approximate surface area is 243 Å². The van der Waals surface area contributed by atoms with Crippen LogP contribution < -0.4 is 0 Å². The maximum Gasteiger partial charge on any atom is 0.334 e. The first-order valence-corrected chi connectivity index (χ1v) is 12.7. The molecule has 4 aromatic rings. The fraction of sp³-hybridized carbons (Fsp3) is 0.143. The number of ether oxygens (including phenoxy) is 2. The molecule has 10 heteroatoms. The van der Waals surface area contributed by atoms with E-state index < -0.39 is 11.9 Å². The molecule has 0 aliphatic carbocycles. The number of allylic oxidation sites excluding steroid dienone is 1. The van der Waals surface area contributed by atoms with Crippen molar-refractivity contribution in [2.75, 3.05) is 13.2 Å². The van der Waals surface area contributed by atoms with E-state index in [1.54, 1.807) is 35.1 Å². The molecule has 0 spiro atoms. The van der Waals surface area contributed by atoms with Crippen LogP contribution in [0.15, 0.2) is 95.7 Å². The predicted octanol–water partition coefficient (Wildman–Crippen LogP) is 6.33. The Kier molecular flexibility index (Phi) is 16.1. The summed E-state index contributed by atoms with van der Waals surface area (Å²) in [5.74, 6) is -1.35. The van der Waals surface area contributed by atoms with Crippen LogP contribution in [0.4, 0.5) is 0 Å². The third-order valence-electron chi connectivity index (χ3n) is 3.97. The van der Waals surface area contributed by atoms with Crippen molar-refractivity contribution in [2.45, 2.75) is 13.8 Å². The molecule has 0 saturated carbocycles. The topological polar surface area (TPSA) is 98.6 Å². The predicted molar refractivity (Wildman–Crippen MR) is 146 cm³/mol. The largest absolute Gasteiger partial charge is 0.512 e. The molecule has 0 atom stereocenters. The monoisotopic (exact) mass is 727 g/mol. The second-order valence-electron chi connectivity index (χ2n) is 7.09. The van der Waals surface area contributed by atoms with Crippen molar-refractivity contribution in [3.8, 4) is 21.1 Å². The van der Waals surface area contributed by atoms with Crippen LogP contribution in [0.25, 0.3) is 21.1 Å². The number of aliphatic hydroxyl groups excluding tert-OH is 1. The Hall–Kier alpha value is -3.43. The van der Waals surface area contributed by atoms with Gasteiger partial charge in [-0.1, -0.05) is 40.6 Å². The average molecular weight is 727 g/mol. The van der Waals surface area contributed by atoms with Crippen LogP contribution in [0, 0.1) is 12.1 Å². The van der Waals surface area contributed by atoms with Crippen LogP contribution in [-0.4, -0.2) is 40.2 Å². The van der Waals surface area contributed by atoms with Gasteiger partial charge in [-0.05, 0) is 37.4 Å². The van der Waals surface area contributed by atoms with Crippen molar-refractivity contribution in [1.29, 1.82) is 0 Å². The van der Waals surface area contributed by atoms with E-state index >= 15 is 0 Å². The average Bonchev–Trinajstić information content (AvgIpc) is 3.63. The zero-order valence-corrected chi connectivity index (χ0v) is 24.8. The Morgan fingerprint density at radius 3 is 1.79 bits per heavy atom. The number of pyridine rings is 2. The summed E-state index contributed by atoms with van der Waals surface area (Å²) in [7, 11) is 0. The minimum Gasteiger partial charge on any atom is -0.512 e. The van der Waals surface area contributed by atoms with Gasteiger partial charge >= 0.3 is 11.9 Å². The number of aliphatic hydroxyl groups is 1.